The molecule has 0 atom stereocenters. The van der Waals surface area contributed by atoms with Gasteiger partial charge in [0.1, 0.15) is 0 Å². The minimum atomic E-state index is -4.04. The summed E-state index contributed by atoms with van der Waals surface area (Å²) in [5.74, 6) is 0.169. The summed E-state index contributed by atoms with van der Waals surface area (Å²) in [6.45, 7) is 10.8. The molecule has 0 saturated heterocycles. The molecule has 0 spiro atoms. The monoisotopic (exact) mass is 601 g/mol. The third kappa shape index (κ3) is 7.91. The largest absolute Gasteiger partial charge is 0.478 e. The lowest BCUT2D eigenvalue weighted by Gasteiger charge is -2.23. The molecule has 0 aliphatic carbocycles. The second-order valence-electron chi connectivity index (χ2n) is 11.3. The number of carboxylic acid groups (broad SMARTS) is 1. The number of carbonyl (C=O) groups is 1. The molecule has 220 valence electrons. The Balaban J connectivity index is 1.67. The van der Waals surface area contributed by atoms with E-state index in [9.17, 15) is 18.3 Å². The van der Waals surface area contributed by atoms with E-state index in [-0.39, 0.29) is 23.5 Å². The Kier molecular flexibility index (Phi) is 10.3. The van der Waals surface area contributed by atoms with E-state index in [1.165, 1.54) is 39.3 Å². The molecule has 0 saturated carbocycles. The summed E-state index contributed by atoms with van der Waals surface area (Å²) >= 11 is 1.39. The van der Waals surface area contributed by atoms with Crippen LogP contribution in [0.2, 0.25) is 0 Å². The molecule has 0 fully saturated rings. The highest BCUT2D eigenvalue weighted by molar-refractivity contribution is 7.98. The quantitative estimate of drug-likeness (QED) is 0.165. The Labute approximate surface area is 254 Å². The fourth-order valence-corrected chi connectivity index (χ4v) is 7.13. The van der Waals surface area contributed by atoms with Crippen LogP contribution in [0, 0.1) is 6.92 Å². The van der Waals surface area contributed by atoms with Crippen LogP contribution >= 0.6 is 11.8 Å². The maximum Gasteiger partial charge on any atom is 0.336 e. The average molecular weight is 602 g/mol. The van der Waals surface area contributed by atoms with Crippen molar-refractivity contribution >= 4 is 27.8 Å². The van der Waals surface area contributed by atoms with E-state index in [0.717, 1.165) is 22.3 Å². The van der Waals surface area contributed by atoms with Crippen molar-refractivity contribution < 1.29 is 18.3 Å². The number of nitrogens with zero attached hydrogens (tertiary/aromatic N) is 1. The van der Waals surface area contributed by atoms with Crippen LogP contribution in [-0.4, -0.2) is 23.8 Å². The molecule has 0 radical (unpaired) electrons. The standard InChI is InChI=1S/C35H39NO4S2/c1-24(2)30-13-9-27(10-14-30)21-36(22-28-11-15-31(16-12-28)25(3)4)42(39,40)32-17-18-34(33(20-32)35(37)38)41-23-29-8-6-7-26(5)19-29/h6-20,24-25H,21-23H2,1-5H3,(H,37,38). The minimum absolute atomic E-state index is 0.0174. The summed E-state index contributed by atoms with van der Waals surface area (Å²) in [6, 6.07) is 28.5. The van der Waals surface area contributed by atoms with Gasteiger partial charge in [-0.1, -0.05) is 106 Å². The van der Waals surface area contributed by atoms with E-state index in [1.54, 1.807) is 6.07 Å². The van der Waals surface area contributed by atoms with Gasteiger partial charge in [-0.15, -0.1) is 11.8 Å². The second kappa shape index (κ2) is 13.7. The summed E-state index contributed by atoms with van der Waals surface area (Å²) < 4.78 is 29.7. The van der Waals surface area contributed by atoms with Crippen LogP contribution in [0.15, 0.2) is 101 Å². The predicted octanol–water partition coefficient (Wildman–Crippen LogP) is 8.62. The van der Waals surface area contributed by atoms with Crippen LogP contribution in [-0.2, 0) is 28.9 Å². The minimum Gasteiger partial charge on any atom is -0.478 e. The third-order valence-electron chi connectivity index (χ3n) is 7.31. The third-order valence-corrected chi connectivity index (χ3v) is 10.2. The van der Waals surface area contributed by atoms with Gasteiger partial charge in [0.05, 0.1) is 10.5 Å². The van der Waals surface area contributed by atoms with Crippen molar-refractivity contribution in [1.82, 2.24) is 4.31 Å². The highest BCUT2D eigenvalue weighted by Crippen LogP contribution is 2.31. The topological polar surface area (TPSA) is 74.7 Å². The average Bonchev–Trinajstić information content (AvgIpc) is 2.96. The number of carboxylic acids is 1. The van der Waals surface area contributed by atoms with Gasteiger partial charge in [0, 0.05) is 23.7 Å². The lowest BCUT2D eigenvalue weighted by atomic mass is 10.0. The zero-order chi connectivity index (χ0) is 30.4. The van der Waals surface area contributed by atoms with Crippen molar-refractivity contribution in [2.24, 2.45) is 0 Å². The molecule has 7 heteroatoms. The fraction of sp³-hybridized carbons (Fsp3) is 0.286. The van der Waals surface area contributed by atoms with Crippen LogP contribution < -0.4 is 0 Å². The number of aryl methyl sites for hydroxylation is 1. The number of hydrogen-bond acceptors (Lipinski definition) is 4. The van der Waals surface area contributed by atoms with Gasteiger partial charge in [-0.25, -0.2) is 13.2 Å². The number of benzene rings is 4. The van der Waals surface area contributed by atoms with Crippen LogP contribution in [0.3, 0.4) is 0 Å². The molecular weight excluding hydrogens is 563 g/mol. The maximum absolute atomic E-state index is 14.1. The molecule has 0 heterocycles. The van der Waals surface area contributed by atoms with Crippen molar-refractivity contribution in [2.75, 3.05) is 0 Å². The van der Waals surface area contributed by atoms with Gasteiger partial charge in [-0.3, -0.25) is 0 Å². The van der Waals surface area contributed by atoms with Gasteiger partial charge in [-0.2, -0.15) is 4.31 Å². The maximum atomic E-state index is 14.1. The van der Waals surface area contributed by atoms with Gasteiger partial charge in [0.2, 0.25) is 10.0 Å². The number of aromatic carboxylic acids is 1. The molecule has 0 bridgehead atoms. The van der Waals surface area contributed by atoms with Gasteiger partial charge in [0.25, 0.3) is 0 Å². The van der Waals surface area contributed by atoms with Crippen molar-refractivity contribution in [3.63, 3.8) is 0 Å². The second-order valence-corrected chi connectivity index (χ2v) is 14.3. The zero-order valence-electron chi connectivity index (χ0n) is 24.9. The molecule has 0 aliphatic heterocycles. The summed E-state index contributed by atoms with van der Waals surface area (Å²) in [5, 5.41) is 10.0. The van der Waals surface area contributed by atoms with Crippen LogP contribution in [0.5, 0.6) is 0 Å². The van der Waals surface area contributed by atoms with E-state index in [1.807, 2.05) is 73.7 Å². The molecule has 5 nitrogen and oxygen atoms in total. The van der Waals surface area contributed by atoms with Crippen molar-refractivity contribution in [1.29, 1.82) is 0 Å². The van der Waals surface area contributed by atoms with Gasteiger partial charge < -0.3 is 5.11 Å². The van der Waals surface area contributed by atoms with Gasteiger partial charge >= 0.3 is 5.97 Å². The lowest BCUT2D eigenvalue weighted by Crippen LogP contribution is -2.30. The molecule has 4 aromatic rings. The number of hydrogen-bond donors (Lipinski definition) is 1. The summed E-state index contributed by atoms with van der Waals surface area (Å²) in [6.07, 6.45) is 0. The Hall–Kier alpha value is -3.39. The Morgan fingerprint density at radius 2 is 1.31 bits per heavy atom. The fourth-order valence-electron chi connectivity index (χ4n) is 4.72. The first-order valence-corrected chi connectivity index (χ1v) is 16.6. The molecular formula is C35H39NO4S2. The molecule has 0 amide bonds. The first kappa shape index (κ1) is 31.5. The molecule has 0 unspecified atom stereocenters. The summed E-state index contributed by atoms with van der Waals surface area (Å²) in [7, 11) is -4.04. The zero-order valence-corrected chi connectivity index (χ0v) is 26.5. The van der Waals surface area contributed by atoms with E-state index in [2.05, 4.69) is 33.8 Å². The van der Waals surface area contributed by atoms with E-state index >= 15 is 0 Å². The van der Waals surface area contributed by atoms with E-state index < -0.39 is 16.0 Å². The first-order valence-electron chi connectivity index (χ1n) is 14.2. The molecule has 0 aromatic heterocycles. The van der Waals surface area contributed by atoms with Gasteiger partial charge in [-0.05, 0) is 64.8 Å². The molecule has 4 rings (SSSR count). The first-order chi connectivity index (χ1) is 19.9. The predicted molar refractivity (Wildman–Crippen MR) is 172 cm³/mol. The van der Waals surface area contributed by atoms with Crippen molar-refractivity contribution in [3.8, 4) is 0 Å². The van der Waals surface area contributed by atoms with Crippen molar-refractivity contribution in [3.05, 3.63) is 130 Å². The smallest absolute Gasteiger partial charge is 0.336 e. The van der Waals surface area contributed by atoms with E-state index in [4.69, 9.17) is 0 Å². The van der Waals surface area contributed by atoms with Crippen LogP contribution in [0.1, 0.15) is 83.3 Å². The summed E-state index contributed by atoms with van der Waals surface area (Å²) in [4.78, 5) is 12.8. The normalized spacial score (nSPS) is 11.9. The molecule has 1 N–H and O–H groups in total. The molecule has 0 aliphatic rings. The Morgan fingerprint density at radius 1 is 0.762 bits per heavy atom. The highest BCUT2D eigenvalue weighted by atomic mass is 32.2. The van der Waals surface area contributed by atoms with E-state index in [0.29, 0.717) is 22.5 Å². The SMILES string of the molecule is Cc1cccc(CSc2ccc(S(=O)(=O)N(Cc3ccc(C(C)C)cc3)Cc3ccc(C(C)C)cc3)cc2C(=O)O)c1. The number of sulfonamides is 1. The molecule has 4 aromatic carbocycles. The van der Waals surface area contributed by atoms with Crippen molar-refractivity contribution in [2.45, 2.75) is 75.1 Å². The van der Waals surface area contributed by atoms with Gasteiger partial charge in [0.15, 0.2) is 0 Å². The highest BCUT2D eigenvalue weighted by Gasteiger charge is 2.27. The lowest BCUT2D eigenvalue weighted by molar-refractivity contribution is 0.0692. The number of thioether (sulfide) groups is 1. The Bertz CT molecular complexity index is 1570. The number of rotatable bonds is 12. The van der Waals surface area contributed by atoms with Crippen LogP contribution in [0.4, 0.5) is 0 Å². The van der Waals surface area contributed by atoms with Crippen LogP contribution in [0.25, 0.3) is 0 Å². The summed E-state index contributed by atoms with van der Waals surface area (Å²) in [5.41, 5.74) is 6.29. The Morgan fingerprint density at radius 3 is 1.79 bits per heavy atom. The molecule has 42 heavy (non-hydrogen) atoms.